The van der Waals surface area contributed by atoms with Crippen molar-refractivity contribution in [2.75, 3.05) is 6.07 Å². The van der Waals surface area contributed by atoms with Crippen LogP contribution in [0.1, 0.15) is 26.7 Å². The van der Waals surface area contributed by atoms with Gasteiger partial charge in [0.05, 0.1) is 0 Å². The van der Waals surface area contributed by atoms with Gasteiger partial charge in [-0.1, -0.05) is 11.6 Å². The fraction of sp³-hybridized carbons (Fsp3) is 0.438. The van der Waals surface area contributed by atoms with E-state index in [0.29, 0.717) is 17.4 Å². The Morgan fingerprint density at radius 1 is 1.15 bits per heavy atom. The molecule has 0 fully saturated rings. The zero-order valence-corrected chi connectivity index (χ0v) is 16.2. The van der Waals surface area contributed by atoms with Gasteiger partial charge in [0, 0.05) is 0 Å². The van der Waals surface area contributed by atoms with Gasteiger partial charge in [-0.3, -0.25) is 12.2 Å². The molecule has 0 aliphatic heterocycles. The summed E-state index contributed by atoms with van der Waals surface area (Å²) in [6.45, 7) is 9.32. The average Bonchev–Trinajstić information content (AvgIpc) is 3.08. The van der Waals surface area contributed by atoms with Crippen LogP contribution in [0.2, 0.25) is 13.1 Å². The molecule has 0 heterocycles. The van der Waals surface area contributed by atoms with E-state index in [0.717, 1.165) is 12.8 Å². The van der Waals surface area contributed by atoms with Crippen LogP contribution in [-0.2, 0) is 17.4 Å². The number of rotatable bonds is 0. The summed E-state index contributed by atoms with van der Waals surface area (Å²) < 4.78 is 1.71. The molecule has 1 nitrogen and oxygen atoms in total. The third kappa shape index (κ3) is 26.5. The first-order valence-corrected chi connectivity index (χ1v) is 12.7. The fourth-order valence-corrected chi connectivity index (χ4v) is 6.87. The summed E-state index contributed by atoms with van der Waals surface area (Å²) in [7, 11) is 0. The molecule has 0 unspecified atom stereocenters. The summed E-state index contributed by atoms with van der Waals surface area (Å²) in [4.78, 5) is 0. The topological polar surface area (TPSA) is 20.2 Å². The number of hydrogen-bond acceptors (Lipinski definition) is 1. The van der Waals surface area contributed by atoms with Gasteiger partial charge in [-0.15, -0.1) is 12.8 Å². The smallest absolute Gasteiger partial charge is 0.117 e. The van der Waals surface area contributed by atoms with E-state index in [1.165, 1.54) is 0 Å². The van der Waals surface area contributed by atoms with Crippen LogP contribution < -0.4 is 0 Å². The first-order chi connectivity index (χ1) is 9.54. The molecule has 20 heavy (non-hydrogen) atoms. The Bertz CT molecular complexity index is 341. The number of hydrogen-bond donors (Lipinski definition) is 1. The van der Waals surface area contributed by atoms with Crippen LogP contribution in [0, 0.1) is 12.2 Å². The molecule has 0 atom stereocenters. The first-order valence-electron chi connectivity index (χ1n) is 6.52. The minimum Gasteiger partial charge on any atom is -0.381 e. The van der Waals surface area contributed by atoms with E-state index < -0.39 is 0 Å². The maximum Gasteiger partial charge on any atom is 0.117 e. The maximum atomic E-state index is 7.33. The Labute approximate surface area is 138 Å². The van der Waals surface area contributed by atoms with Gasteiger partial charge < -0.3 is 5.11 Å². The quantitative estimate of drug-likeness (QED) is 0.394. The summed E-state index contributed by atoms with van der Waals surface area (Å²) in [5, 5.41) is 7.33. The summed E-state index contributed by atoms with van der Waals surface area (Å²) >= 11 is 4.96. The Morgan fingerprint density at radius 3 is 1.60 bits per heavy atom. The molecule has 0 aromatic carbocycles. The van der Waals surface area contributed by atoms with E-state index in [-0.39, 0.29) is 12.3 Å². The molecule has 2 aliphatic carbocycles. The second kappa shape index (κ2) is 19.0. The molecule has 0 bridgehead atoms. The monoisotopic (exact) mass is 344 g/mol. The van der Waals surface area contributed by atoms with Crippen molar-refractivity contribution in [1.29, 1.82) is 0 Å². The molecule has 2 rings (SSSR count). The molecule has 4 heteroatoms. The maximum absolute atomic E-state index is 7.33. The molecule has 0 aromatic heterocycles. The third-order valence-corrected chi connectivity index (χ3v) is 7.36. The Morgan fingerprint density at radius 2 is 1.55 bits per heavy atom. The van der Waals surface area contributed by atoms with Gasteiger partial charge in [0.15, 0.2) is 0 Å². The molecule has 0 saturated heterocycles. The predicted octanol–water partition coefficient (Wildman–Crippen LogP) is 4.32. The molecule has 0 spiro atoms. The molecular weight excluding hydrogens is 320 g/mol. The number of aliphatic hydroxyl groups excluding tert-OH is 1. The van der Waals surface area contributed by atoms with Crippen molar-refractivity contribution in [2.45, 2.75) is 39.8 Å². The van der Waals surface area contributed by atoms with Gasteiger partial charge >= 0.3 is 54.4 Å². The van der Waals surface area contributed by atoms with Crippen molar-refractivity contribution in [1.82, 2.24) is 0 Å². The zero-order valence-electron chi connectivity index (χ0n) is 12.9. The van der Waals surface area contributed by atoms with Crippen LogP contribution in [-0.4, -0.2) is 21.2 Å². The van der Waals surface area contributed by atoms with Crippen LogP contribution in [0.15, 0.2) is 36.5 Å². The number of alkyl halides is 1. The van der Waals surface area contributed by atoms with Crippen molar-refractivity contribution in [3.05, 3.63) is 48.6 Å². The Kier molecular flexibility index (Phi) is 21.2. The van der Waals surface area contributed by atoms with Gasteiger partial charge in [-0.25, -0.2) is 24.3 Å². The minimum atomic E-state index is -0.278. The summed E-state index contributed by atoms with van der Waals surface area (Å²) in [5.41, 5.74) is 0. The summed E-state index contributed by atoms with van der Waals surface area (Å²) in [6.07, 6.45) is 20.2. The molecule has 0 saturated carbocycles. The van der Waals surface area contributed by atoms with Crippen LogP contribution >= 0.6 is 11.6 Å². The molecule has 0 radical (unpaired) electrons. The Hall–Kier alpha value is 0.0112. The van der Waals surface area contributed by atoms with E-state index in [1.54, 1.807) is 3.81 Å². The predicted molar refractivity (Wildman–Crippen MR) is 89.9 cm³/mol. The molecule has 0 amide bonds. The van der Waals surface area contributed by atoms with Crippen LogP contribution in [0.25, 0.3) is 0 Å². The van der Waals surface area contributed by atoms with E-state index in [9.17, 15) is 0 Å². The Balaban J connectivity index is 0. The summed E-state index contributed by atoms with van der Waals surface area (Å²) in [6, 6.07) is -0.278. The number of aliphatic hydroxyl groups is 1. The number of halogens is 1. The van der Waals surface area contributed by atoms with Crippen molar-refractivity contribution in [2.24, 2.45) is 0 Å². The number of allylic oxidation sites excluding steroid dienone is 8. The van der Waals surface area contributed by atoms with Gasteiger partial charge in [-0.05, 0) is 0 Å². The van der Waals surface area contributed by atoms with Crippen LogP contribution in [0.4, 0.5) is 0 Å². The van der Waals surface area contributed by atoms with Crippen LogP contribution in [0.5, 0.6) is 0 Å². The van der Waals surface area contributed by atoms with Crippen molar-refractivity contribution >= 4 is 21.6 Å². The third-order valence-electron chi connectivity index (χ3n) is 1.67. The minimum absolute atomic E-state index is 0.154. The average molecular weight is 345 g/mol. The SMILES string of the molecule is C[C](C)=[Ti]=[Si](C)C.OCCl.[C-]1=CC=CC1.[C-]1=CC=CC1. The van der Waals surface area contributed by atoms with Gasteiger partial charge in [0.2, 0.25) is 0 Å². The van der Waals surface area contributed by atoms with Crippen molar-refractivity contribution in [3.8, 4) is 0 Å². The van der Waals surface area contributed by atoms with E-state index in [4.69, 9.17) is 5.11 Å². The van der Waals surface area contributed by atoms with E-state index >= 15 is 0 Å². The fourth-order valence-electron chi connectivity index (χ4n) is 1.18. The molecule has 1 N–H and O–H groups in total. The van der Waals surface area contributed by atoms with Gasteiger partial charge in [0.25, 0.3) is 0 Å². The molecule has 112 valence electrons. The zero-order chi connectivity index (χ0) is 15.6. The molecule has 2 aliphatic rings. The molecule has 0 aromatic rings. The first kappa shape index (κ1) is 22.3. The van der Waals surface area contributed by atoms with Gasteiger partial charge in [-0.2, -0.15) is 12.2 Å². The van der Waals surface area contributed by atoms with E-state index in [1.807, 2.05) is 24.3 Å². The van der Waals surface area contributed by atoms with Crippen molar-refractivity contribution in [3.63, 3.8) is 0 Å². The normalized spacial score (nSPS) is 12.3. The van der Waals surface area contributed by atoms with Gasteiger partial charge in [0.1, 0.15) is 6.07 Å². The van der Waals surface area contributed by atoms with E-state index in [2.05, 4.69) is 62.8 Å². The summed E-state index contributed by atoms with van der Waals surface area (Å²) in [5.74, 6) is 0. The molecular formula is C16H25ClOSiTi-2. The largest absolute Gasteiger partial charge is 0.381 e. The second-order valence-corrected chi connectivity index (χ2v) is 14.2. The second-order valence-electron chi connectivity index (χ2n) is 4.25. The van der Waals surface area contributed by atoms with Crippen LogP contribution in [0.3, 0.4) is 0 Å². The standard InChI is InChI=1S/2C5H5.C3H6.C2H6Si.CH3ClO.Ti/c2*1-2-4-5-3-1;2*1-3-2;2-1-3;/h2*1-3H,4H2;2*1-2H3;3H,1H2;/q2*-1;;;;. The van der Waals surface area contributed by atoms with Crippen molar-refractivity contribution < 1.29 is 22.5 Å².